The number of carbonyl (C=O) groups excluding carboxylic acids is 2. The summed E-state index contributed by atoms with van der Waals surface area (Å²) < 4.78 is 39.1. The molecule has 35 heavy (non-hydrogen) atoms. The van der Waals surface area contributed by atoms with Gasteiger partial charge in [-0.2, -0.15) is 5.10 Å². The summed E-state index contributed by atoms with van der Waals surface area (Å²) in [4.78, 5) is 25.4. The number of nitrogens with two attached hydrogens (primary N) is 1. The van der Waals surface area contributed by atoms with Crippen molar-refractivity contribution in [3.05, 3.63) is 83.3 Å². The number of ether oxygens (including phenoxy) is 2. The van der Waals surface area contributed by atoms with Crippen LogP contribution in [0.4, 0.5) is 0 Å². The molecule has 2 N–H and O–H groups in total. The molecule has 0 aliphatic carbocycles. The summed E-state index contributed by atoms with van der Waals surface area (Å²) in [5, 5.41) is 10.9. The molecule has 0 bridgehead atoms. The molecule has 1 amide bonds. The van der Waals surface area contributed by atoms with Crippen molar-refractivity contribution in [2.75, 3.05) is 13.7 Å². The maximum atomic E-state index is 13.1. The summed E-state index contributed by atoms with van der Waals surface area (Å²) in [6, 6.07) is 14.2. The lowest BCUT2D eigenvalue weighted by Gasteiger charge is -2.19. The van der Waals surface area contributed by atoms with Crippen molar-refractivity contribution in [3.63, 3.8) is 0 Å². The quantitative estimate of drug-likeness (QED) is 0.495. The first kappa shape index (κ1) is 24.2. The zero-order chi connectivity index (χ0) is 25.2. The first-order valence-corrected chi connectivity index (χ1v) is 12.1. The maximum Gasteiger partial charge on any atom is 0.342 e. The van der Waals surface area contributed by atoms with Crippen LogP contribution in [0.5, 0.6) is 5.75 Å². The van der Waals surface area contributed by atoms with Gasteiger partial charge in [0.05, 0.1) is 24.0 Å². The van der Waals surface area contributed by atoms with Gasteiger partial charge < -0.3 is 13.9 Å². The minimum absolute atomic E-state index is 0.0733. The Morgan fingerprint density at radius 3 is 2.54 bits per heavy atom. The van der Waals surface area contributed by atoms with Gasteiger partial charge in [-0.3, -0.25) is 4.79 Å². The number of aryl methyl sites for hydroxylation is 1. The molecule has 1 unspecified atom stereocenters. The van der Waals surface area contributed by atoms with Crippen molar-refractivity contribution < 1.29 is 31.9 Å². The van der Waals surface area contributed by atoms with Gasteiger partial charge in [-0.15, -0.1) is 0 Å². The highest BCUT2D eigenvalue weighted by atomic mass is 32.2. The van der Waals surface area contributed by atoms with E-state index in [0.717, 1.165) is 17.2 Å². The molecule has 1 aromatic heterocycles. The molecule has 3 aromatic rings. The maximum absolute atomic E-state index is 13.1. The average Bonchev–Trinajstić information content (AvgIpc) is 3.52. The van der Waals surface area contributed by atoms with Crippen LogP contribution < -0.4 is 9.88 Å². The fourth-order valence-corrected chi connectivity index (χ4v) is 4.20. The Bertz CT molecular complexity index is 1380. The van der Waals surface area contributed by atoms with Gasteiger partial charge in [0.15, 0.2) is 6.61 Å². The van der Waals surface area contributed by atoms with Gasteiger partial charge in [0.1, 0.15) is 23.1 Å². The second-order valence-corrected chi connectivity index (χ2v) is 9.43. The van der Waals surface area contributed by atoms with Gasteiger partial charge in [0.2, 0.25) is 10.0 Å². The molecule has 0 saturated heterocycles. The van der Waals surface area contributed by atoms with Crippen molar-refractivity contribution in [3.8, 4) is 5.75 Å². The minimum Gasteiger partial charge on any atom is -0.496 e. The first-order valence-electron chi connectivity index (χ1n) is 10.6. The van der Waals surface area contributed by atoms with Crippen molar-refractivity contribution in [2.45, 2.75) is 24.3 Å². The van der Waals surface area contributed by atoms with Crippen molar-refractivity contribution in [1.82, 2.24) is 5.01 Å². The van der Waals surface area contributed by atoms with Crippen LogP contribution >= 0.6 is 0 Å². The van der Waals surface area contributed by atoms with Crippen LogP contribution in [0.15, 0.2) is 75.3 Å². The lowest BCUT2D eigenvalue weighted by atomic mass is 10.0. The highest BCUT2D eigenvalue weighted by molar-refractivity contribution is 7.89. The number of hydrogen-bond acceptors (Lipinski definition) is 8. The topological polar surface area (TPSA) is 142 Å². The molecule has 0 fully saturated rings. The van der Waals surface area contributed by atoms with Gasteiger partial charge >= 0.3 is 5.97 Å². The fourth-order valence-electron chi connectivity index (χ4n) is 3.66. The van der Waals surface area contributed by atoms with Crippen LogP contribution in [0.3, 0.4) is 0 Å². The third-order valence-electron chi connectivity index (χ3n) is 5.47. The Hall–Kier alpha value is -3.96. The second-order valence-electron chi connectivity index (χ2n) is 7.87. The lowest BCUT2D eigenvalue weighted by molar-refractivity contribution is -0.136. The summed E-state index contributed by atoms with van der Waals surface area (Å²) in [7, 11) is -2.75. The zero-order valence-corrected chi connectivity index (χ0v) is 19.8. The van der Waals surface area contributed by atoms with Gasteiger partial charge in [-0.25, -0.2) is 23.4 Å². The lowest BCUT2D eigenvalue weighted by Crippen LogP contribution is -2.31. The number of carbonyl (C=O) groups is 2. The van der Waals surface area contributed by atoms with Crippen LogP contribution in [0.2, 0.25) is 0 Å². The minimum atomic E-state index is -4.06. The molecule has 10 nitrogen and oxygen atoms in total. The molecule has 182 valence electrons. The van der Waals surface area contributed by atoms with E-state index in [4.69, 9.17) is 19.0 Å². The third-order valence-corrected chi connectivity index (χ3v) is 6.38. The van der Waals surface area contributed by atoms with Gasteiger partial charge in [0, 0.05) is 6.42 Å². The van der Waals surface area contributed by atoms with E-state index in [9.17, 15) is 18.0 Å². The molecular weight excluding hydrogens is 474 g/mol. The first-order chi connectivity index (χ1) is 16.7. The van der Waals surface area contributed by atoms with Crippen LogP contribution in [0.1, 0.15) is 39.7 Å². The number of rotatable bonds is 7. The largest absolute Gasteiger partial charge is 0.496 e. The normalized spacial score (nSPS) is 15.6. The summed E-state index contributed by atoms with van der Waals surface area (Å²) in [6.45, 7) is 1.34. The van der Waals surface area contributed by atoms with Crippen molar-refractivity contribution in [2.24, 2.45) is 10.2 Å². The molecule has 0 spiro atoms. The standard InChI is InChI=1S/C24H23N3O7S/c1-15-5-7-16(8-6-15)19-13-20(22-4-3-11-33-22)27(26-19)23(28)14-34-24(29)18-12-17(35(25,30)31)9-10-21(18)32-2/h3-12,20H,13-14H2,1-2H3,(H2,25,30,31). The van der Waals surface area contributed by atoms with E-state index >= 15 is 0 Å². The van der Waals surface area contributed by atoms with E-state index in [1.807, 2.05) is 31.2 Å². The number of primary sulfonamides is 1. The van der Waals surface area contributed by atoms with Gasteiger partial charge in [-0.05, 0) is 42.8 Å². The molecular formula is C24H23N3O7S. The van der Waals surface area contributed by atoms with Gasteiger partial charge in [-0.1, -0.05) is 29.8 Å². The SMILES string of the molecule is COc1ccc(S(N)(=O)=O)cc1C(=O)OCC(=O)N1N=C(c2ccc(C)cc2)CC1c1ccco1. The number of nitrogens with zero attached hydrogens (tertiary/aromatic N) is 2. The van der Waals surface area contributed by atoms with E-state index in [0.29, 0.717) is 17.9 Å². The van der Waals surface area contributed by atoms with Crippen LogP contribution in [-0.2, 0) is 19.6 Å². The predicted molar refractivity (Wildman–Crippen MR) is 125 cm³/mol. The van der Waals surface area contributed by atoms with Crippen LogP contribution in [0.25, 0.3) is 0 Å². The highest BCUT2D eigenvalue weighted by Crippen LogP contribution is 2.33. The van der Waals surface area contributed by atoms with Crippen molar-refractivity contribution >= 4 is 27.6 Å². The molecule has 2 heterocycles. The Morgan fingerprint density at radius 1 is 1.17 bits per heavy atom. The number of hydrogen-bond donors (Lipinski definition) is 1. The van der Waals surface area contributed by atoms with Crippen LogP contribution in [-0.4, -0.2) is 44.7 Å². The number of amides is 1. The van der Waals surface area contributed by atoms with E-state index in [2.05, 4.69) is 5.10 Å². The summed E-state index contributed by atoms with van der Waals surface area (Å²) >= 11 is 0. The van der Waals surface area contributed by atoms with Crippen molar-refractivity contribution in [1.29, 1.82) is 0 Å². The number of sulfonamides is 1. The number of methoxy groups -OCH3 is 1. The highest BCUT2D eigenvalue weighted by Gasteiger charge is 2.35. The summed E-state index contributed by atoms with van der Waals surface area (Å²) in [5.74, 6) is -0.914. The van der Waals surface area contributed by atoms with E-state index in [1.165, 1.54) is 30.5 Å². The number of furan rings is 1. The zero-order valence-electron chi connectivity index (χ0n) is 19.0. The molecule has 11 heteroatoms. The Kier molecular flexibility index (Phi) is 6.72. The molecule has 1 aliphatic heterocycles. The average molecular weight is 498 g/mol. The Labute approximate surface area is 202 Å². The molecule has 4 rings (SSSR count). The summed E-state index contributed by atoms with van der Waals surface area (Å²) in [6.07, 6.45) is 1.92. The van der Waals surface area contributed by atoms with Gasteiger partial charge in [0.25, 0.3) is 5.91 Å². The third kappa shape index (κ3) is 5.26. The number of esters is 1. The molecule has 2 aromatic carbocycles. The second kappa shape index (κ2) is 9.72. The molecule has 0 saturated carbocycles. The molecule has 1 atom stereocenters. The van der Waals surface area contributed by atoms with E-state index in [-0.39, 0.29) is 16.2 Å². The van der Waals surface area contributed by atoms with E-state index in [1.54, 1.807) is 12.1 Å². The molecule has 0 radical (unpaired) electrons. The number of hydrazone groups is 1. The fraction of sp³-hybridized carbons (Fsp3) is 0.208. The number of benzene rings is 2. The van der Waals surface area contributed by atoms with E-state index < -0.39 is 34.5 Å². The Balaban J connectivity index is 1.55. The smallest absolute Gasteiger partial charge is 0.342 e. The molecule has 1 aliphatic rings. The van der Waals surface area contributed by atoms with Crippen LogP contribution in [0, 0.1) is 6.92 Å². The monoisotopic (exact) mass is 497 g/mol. The Morgan fingerprint density at radius 2 is 1.91 bits per heavy atom. The predicted octanol–water partition coefficient (Wildman–Crippen LogP) is 2.78. The summed E-state index contributed by atoms with van der Waals surface area (Å²) in [5.41, 5.74) is 2.47.